The van der Waals surface area contributed by atoms with Crippen LogP contribution in [0.25, 0.3) is 22.3 Å². The molecule has 4 aromatic rings. The van der Waals surface area contributed by atoms with Crippen molar-refractivity contribution in [3.63, 3.8) is 0 Å². The summed E-state index contributed by atoms with van der Waals surface area (Å²) < 4.78 is 18.0. The highest BCUT2D eigenvalue weighted by molar-refractivity contribution is 5.93. The van der Waals surface area contributed by atoms with Gasteiger partial charge in [-0.1, -0.05) is 6.92 Å². The van der Waals surface area contributed by atoms with Gasteiger partial charge in [-0.05, 0) is 86.1 Å². The van der Waals surface area contributed by atoms with E-state index in [4.69, 9.17) is 19.2 Å². The average Bonchev–Trinajstić information content (AvgIpc) is 3.36. The van der Waals surface area contributed by atoms with Crippen LogP contribution in [-0.4, -0.2) is 26.6 Å². The zero-order valence-corrected chi connectivity index (χ0v) is 23.8. The molecule has 0 spiro atoms. The number of cyclic esters (lactones) is 1. The Morgan fingerprint density at radius 3 is 2.56 bits per heavy atom. The normalized spacial score (nSPS) is 18.0. The van der Waals surface area contributed by atoms with Gasteiger partial charge in [-0.2, -0.15) is 0 Å². The van der Waals surface area contributed by atoms with E-state index in [1.54, 1.807) is 17.6 Å². The highest BCUT2D eigenvalue weighted by Gasteiger charge is 2.51. The van der Waals surface area contributed by atoms with Crippen LogP contribution in [0.2, 0.25) is 0 Å². The number of rotatable bonds is 4. The molecular formula is C32H27N3O8. The van der Waals surface area contributed by atoms with Gasteiger partial charge < -0.3 is 18.8 Å². The highest BCUT2D eigenvalue weighted by atomic mass is 16.7. The Kier molecular flexibility index (Phi) is 5.91. The average molecular weight is 582 g/mol. The molecule has 0 amide bonds. The fourth-order valence-corrected chi connectivity index (χ4v) is 6.75. The van der Waals surface area contributed by atoms with Crippen LogP contribution in [0.1, 0.15) is 58.7 Å². The highest BCUT2D eigenvalue weighted by Crippen LogP contribution is 2.44. The molecule has 0 saturated heterocycles. The first-order valence-electron chi connectivity index (χ1n) is 14.2. The molecule has 43 heavy (non-hydrogen) atoms. The van der Waals surface area contributed by atoms with Gasteiger partial charge in [0, 0.05) is 28.6 Å². The van der Waals surface area contributed by atoms with E-state index < -0.39 is 22.6 Å². The summed E-state index contributed by atoms with van der Waals surface area (Å²) in [6.45, 7) is 5.98. The second kappa shape index (κ2) is 9.48. The predicted molar refractivity (Wildman–Crippen MR) is 154 cm³/mol. The van der Waals surface area contributed by atoms with Crippen molar-refractivity contribution in [2.75, 3.05) is 0 Å². The number of non-ortho nitro benzene ring substituents is 1. The predicted octanol–water partition coefficient (Wildman–Crippen LogP) is 5.32. The monoisotopic (exact) mass is 581 g/mol. The molecule has 7 rings (SSSR count). The van der Waals surface area contributed by atoms with E-state index in [2.05, 4.69) is 19.9 Å². The summed E-state index contributed by atoms with van der Waals surface area (Å²) in [5.41, 5.74) is 6.13. The van der Waals surface area contributed by atoms with Crippen molar-refractivity contribution in [1.82, 2.24) is 9.55 Å². The van der Waals surface area contributed by atoms with Crippen LogP contribution in [0.4, 0.5) is 10.5 Å². The molecule has 0 bridgehead atoms. The third-order valence-electron chi connectivity index (χ3n) is 9.07. The summed E-state index contributed by atoms with van der Waals surface area (Å²) in [6, 6.07) is 8.67. The van der Waals surface area contributed by atoms with Gasteiger partial charge in [0.15, 0.2) is 0 Å². The fraction of sp³-hybridized carbons (Fsp3) is 0.312. The number of pyridine rings is 2. The molecule has 2 aromatic carbocycles. The molecule has 0 unspecified atom stereocenters. The van der Waals surface area contributed by atoms with Crippen molar-refractivity contribution in [2.24, 2.45) is 0 Å². The summed E-state index contributed by atoms with van der Waals surface area (Å²) in [5.74, 6) is -0.827. The number of ether oxygens (including phenoxy) is 3. The minimum atomic E-state index is -1.94. The molecule has 4 heterocycles. The number of nitrogens with zero attached hydrogens (tertiary/aromatic N) is 3. The van der Waals surface area contributed by atoms with Crippen LogP contribution in [0.5, 0.6) is 5.75 Å². The quantitative estimate of drug-likeness (QED) is 0.119. The Labute approximate surface area is 245 Å². The number of aromatic nitrogens is 2. The number of hydrogen-bond acceptors (Lipinski definition) is 9. The third kappa shape index (κ3) is 3.87. The molecule has 0 radical (unpaired) electrons. The number of carbonyl (C=O) groups is 2. The molecule has 11 heteroatoms. The summed E-state index contributed by atoms with van der Waals surface area (Å²) in [4.78, 5) is 55.7. The van der Waals surface area contributed by atoms with Gasteiger partial charge in [-0.3, -0.25) is 14.9 Å². The van der Waals surface area contributed by atoms with Crippen LogP contribution in [0.15, 0.2) is 41.2 Å². The largest absolute Gasteiger partial charge is 0.515 e. The fourth-order valence-electron chi connectivity index (χ4n) is 6.75. The van der Waals surface area contributed by atoms with Crippen LogP contribution in [0, 0.1) is 24.0 Å². The smallest absolute Gasteiger partial charge is 0.457 e. The van der Waals surface area contributed by atoms with Crippen molar-refractivity contribution in [1.29, 1.82) is 0 Å². The topological polar surface area (TPSA) is 140 Å². The van der Waals surface area contributed by atoms with Gasteiger partial charge in [0.2, 0.25) is 5.60 Å². The maximum absolute atomic E-state index is 13.9. The molecule has 11 nitrogen and oxygen atoms in total. The number of nitro benzene ring substituents is 1. The lowest BCUT2D eigenvalue weighted by atomic mass is 9.83. The van der Waals surface area contributed by atoms with Crippen LogP contribution in [0.3, 0.4) is 0 Å². The number of carbonyl (C=O) groups excluding carboxylic acids is 2. The van der Waals surface area contributed by atoms with Crippen molar-refractivity contribution in [3.05, 3.63) is 95.8 Å². The molecule has 3 aliphatic rings. The number of hydrogen-bond donors (Lipinski definition) is 0. The molecule has 0 fully saturated rings. The zero-order chi connectivity index (χ0) is 30.2. The second-order valence-electron chi connectivity index (χ2n) is 11.2. The molecule has 2 aromatic heterocycles. The van der Waals surface area contributed by atoms with Crippen molar-refractivity contribution >= 4 is 28.7 Å². The minimum absolute atomic E-state index is 0.0100. The first kappa shape index (κ1) is 26.8. The first-order valence-corrected chi connectivity index (χ1v) is 14.2. The molecule has 0 N–H and O–H groups in total. The lowest BCUT2D eigenvalue weighted by Crippen LogP contribution is -2.47. The van der Waals surface area contributed by atoms with E-state index in [1.165, 1.54) is 46.3 Å². The SMILES string of the molecule is CC[C@@]1(OC(=O)Oc2ccc([N+](=O)[O-])cc2)C(=O)OCc2c1cc1n(c2=O)Cc2c-1nc1cc(C)c(C)c3c1c2CCC3. The van der Waals surface area contributed by atoms with Gasteiger partial charge in [0.1, 0.15) is 12.4 Å². The van der Waals surface area contributed by atoms with Crippen molar-refractivity contribution in [3.8, 4) is 17.1 Å². The molecular weight excluding hydrogens is 554 g/mol. The van der Waals surface area contributed by atoms with E-state index in [-0.39, 0.29) is 41.2 Å². The van der Waals surface area contributed by atoms with Gasteiger partial charge in [0.25, 0.3) is 11.2 Å². The van der Waals surface area contributed by atoms with Gasteiger partial charge in [-0.15, -0.1) is 0 Å². The Bertz CT molecular complexity index is 1980. The first-order chi connectivity index (χ1) is 20.6. The van der Waals surface area contributed by atoms with Gasteiger partial charge in [-0.25, -0.2) is 14.6 Å². The summed E-state index contributed by atoms with van der Waals surface area (Å²) >= 11 is 0. The lowest BCUT2D eigenvalue weighted by Gasteiger charge is -2.35. The maximum Gasteiger partial charge on any atom is 0.515 e. The standard InChI is InChI=1S/C32H27N3O8/c1-4-32(43-31(38)42-19-10-8-18(9-11-19)35(39)40)24-13-26-28-22(14-34(26)29(36)23(24)15-41-30(32)37)21-7-5-6-20-17(3)16(2)12-25(33-28)27(20)21/h8-13H,4-7,14-15H2,1-3H3/t32-/m0/s1. The number of benzene rings is 2. The Hall–Kier alpha value is -5.06. The molecule has 218 valence electrons. The van der Waals surface area contributed by atoms with E-state index in [0.717, 1.165) is 35.9 Å². The number of esters is 1. The zero-order valence-electron chi connectivity index (χ0n) is 23.8. The van der Waals surface area contributed by atoms with E-state index >= 15 is 0 Å². The lowest BCUT2D eigenvalue weighted by molar-refractivity contribution is -0.384. The van der Waals surface area contributed by atoms with Gasteiger partial charge >= 0.3 is 12.1 Å². The molecule has 1 atom stereocenters. The summed E-state index contributed by atoms with van der Waals surface area (Å²) in [5, 5.41) is 12.1. The Morgan fingerprint density at radius 2 is 1.84 bits per heavy atom. The maximum atomic E-state index is 13.9. The minimum Gasteiger partial charge on any atom is -0.457 e. The number of fused-ring (bicyclic) bond motifs is 5. The molecule has 1 aliphatic carbocycles. The van der Waals surface area contributed by atoms with Crippen molar-refractivity contribution < 1.29 is 28.7 Å². The van der Waals surface area contributed by atoms with E-state index in [1.807, 2.05) is 0 Å². The van der Waals surface area contributed by atoms with Crippen LogP contribution < -0.4 is 10.3 Å². The summed E-state index contributed by atoms with van der Waals surface area (Å²) in [6.07, 6.45) is 1.65. The third-order valence-corrected chi connectivity index (χ3v) is 9.07. The van der Waals surface area contributed by atoms with Crippen LogP contribution >= 0.6 is 0 Å². The second-order valence-corrected chi connectivity index (χ2v) is 11.2. The molecule has 0 saturated carbocycles. The van der Waals surface area contributed by atoms with Gasteiger partial charge in [0.05, 0.1) is 33.9 Å². The Balaban J connectivity index is 1.34. The Morgan fingerprint density at radius 1 is 1.09 bits per heavy atom. The number of nitro groups is 1. The van der Waals surface area contributed by atoms with Crippen molar-refractivity contribution in [2.45, 2.75) is 65.2 Å². The van der Waals surface area contributed by atoms with Crippen LogP contribution in [-0.2, 0) is 45.9 Å². The van der Waals surface area contributed by atoms with E-state index in [9.17, 15) is 24.5 Å². The number of aryl methyl sites for hydroxylation is 3. The summed E-state index contributed by atoms with van der Waals surface area (Å²) in [7, 11) is 0. The van der Waals surface area contributed by atoms with E-state index in [0.29, 0.717) is 17.9 Å². The molecule has 2 aliphatic heterocycles.